The largest absolute Gasteiger partial charge is 0.382 e. The second-order valence-electron chi connectivity index (χ2n) is 11.5. The lowest BCUT2D eigenvalue weighted by Crippen LogP contribution is -2.36. The molecule has 2 amide bonds. The zero-order chi connectivity index (χ0) is 30.2. The van der Waals surface area contributed by atoms with Crippen molar-refractivity contribution in [2.24, 2.45) is 5.92 Å². The van der Waals surface area contributed by atoms with Crippen LogP contribution in [0.3, 0.4) is 0 Å². The molecule has 1 fully saturated rings. The van der Waals surface area contributed by atoms with E-state index < -0.39 is 18.8 Å². The van der Waals surface area contributed by atoms with Crippen LogP contribution in [0, 0.1) is 5.92 Å². The minimum Gasteiger partial charge on any atom is -0.382 e. The number of rotatable bonds is 27. The number of amides is 2. The molecular weight excluding hydrogens is 558 g/mol. The van der Waals surface area contributed by atoms with Crippen LogP contribution in [0.4, 0.5) is 4.79 Å². The van der Waals surface area contributed by atoms with E-state index in [4.69, 9.17) is 38.2 Å². The summed E-state index contributed by atoms with van der Waals surface area (Å²) >= 11 is 5.04. The summed E-state index contributed by atoms with van der Waals surface area (Å²) in [7, 11) is 9.14. The fourth-order valence-electron chi connectivity index (χ4n) is 5.46. The van der Waals surface area contributed by atoms with Gasteiger partial charge in [0.1, 0.15) is 20.1 Å². The number of nitrogens with one attached hydrogen (secondary N) is 2. The third kappa shape index (κ3) is 19.6. The second kappa shape index (κ2) is 25.1. The van der Waals surface area contributed by atoms with Crippen LogP contribution in [0.5, 0.6) is 0 Å². The van der Waals surface area contributed by atoms with E-state index >= 15 is 0 Å². The topological polar surface area (TPSA) is 98.3 Å². The maximum absolute atomic E-state index is 12.0. The Balaban J connectivity index is 1.98. The highest BCUT2D eigenvalue weighted by Crippen LogP contribution is 2.48. The molecule has 1 rings (SSSR count). The predicted octanol–water partition coefficient (Wildman–Crippen LogP) is 7.12. The highest BCUT2D eigenvalue weighted by molar-refractivity contribution is 8.07. The number of urea groups is 1. The van der Waals surface area contributed by atoms with Gasteiger partial charge in [-0.15, -0.1) is 0 Å². The third-order valence-corrected chi connectivity index (χ3v) is 9.60. The van der Waals surface area contributed by atoms with Crippen LogP contribution in [0.2, 0.25) is 0 Å². The van der Waals surface area contributed by atoms with E-state index in [2.05, 4.69) is 17.6 Å². The number of ether oxygens (including phenoxy) is 2. The van der Waals surface area contributed by atoms with Gasteiger partial charge in [-0.2, -0.15) is 0 Å². The predicted molar refractivity (Wildman–Crippen MR) is 173 cm³/mol. The summed E-state index contributed by atoms with van der Waals surface area (Å²) in [5, 5.41) is 5.95. The molecule has 0 aliphatic carbocycles. The fraction of sp³-hybridized carbons (Fsp3) is 0.967. The molecule has 0 bridgehead atoms. The normalized spacial score (nSPS) is 22.0. The maximum atomic E-state index is 12.0. The Kier molecular flexibility index (Phi) is 23.8. The van der Waals surface area contributed by atoms with Crippen molar-refractivity contribution in [1.29, 1.82) is 0 Å². The number of hydrogen-bond acceptors (Lipinski definition) is 6. The van der Waals surface area contributed by atoms with Crippen molar-refractivity contribution >= 4 is 32.4 Å². The lowest BCUT2D eigenvalue weighted by atomic mass is 9.81. The average molecular weight is 619 g/mol. The van der Waals surface area contributed by atoms with Gasteiger partial charge in [0, 0.05) is 39.2 Å². The molecule has 1 heterocycles. The summed E-state index contributed by atoms with van der Waals surface area (Å²) in [6.07, 6.45) is 22.4. The van der Waals surface area contributed by atoms with E-state index in [1.54, 1.807) is 7.11 Å². The summed E-state index contributed by atoms with van der Waals surface area (Å²) in [4.78, 5) is 22.2. The van der Waals surface area contributed by atoms with Gasteiger partial charge < -0.3 is 34.0 Å². The van der Waals surface area contributed by atoms with Gasteiger partial charge in [0.05, 0.1) is 6.61 Å². The first-order valence-electron chi connectivity index (χ1n) is 16.3. The number of unbranched alkanes of at least 4 members (excludes halogenated alkanes) is 16. The first-order valence-corrected chi connectivity index (χ1v) is 18.9. The molecule has 2 unspecified atom stereocenters. The van der Waals surface area contributed by atoms with E-state index in [9.17, 15) is 9.69 Å². The Hall–Kier alpha value is -0.215. The van der Waals surface area contributed by atoms with E-state index in [-0.39, 0.29) is 18.1 Å². The molecule has 3 N–H and O–H groups in total. The van der Waals surface area contributed by atoms with Crippen molar-refractivity contribution in [3.05, 3.63) is 0 Å². The molecule has 0 aromatic rings. The number of hydrogen-bond donors (Lipinski definition) is 3. The van der Waals surface area contributed by atoms with Gasteiger partial charge in [0.15, 0.2) is 0 Å². The molecule has 1 aliphatic heterocycles. The zero-order valence-corrected chi connectivity index (χ0v) is 28.0. The van der Waals surface area contributed by atoms with Crippen LogP contribution < -0.4 is 10.6 Å². The van der Waals surface area contributed by atoms with Gasteiger partial charge in [0.25, 0.3) is 0 Å². The number of carbonyl (C=O) groups is 1. The lowest BCUT2D eigenvalue weighted by Gasteiger charge is -2.27. The molecule has 41 heavy (non-hydrogen) atoms. The van der Waals surface area contributed by atoms with Crippen molar-refractivity contribution in [2.45, 2.75) is 147 Å². The first kappa shape index (κ1) is 38.8. The molecule has 0 saturated carbocycles. The monoisotopic (exact) mass is 618 g/mol. The molecule has 0 aromatic carbocycles. The highest BCUT2D eigenvalue weighted by atomic mass is 32.5. The molecule has 1 saturated heterocycles. The zero-order valence-electron chi connectivity index (χ0n) is 26.3. The maximum Gasteiger partial charge on any atom is 0.324 e. The Labute approximate surface area is 257 Å². The van der Waals surface area contributed by atoms with Crippen LogP contribution in [0.25, 0.3) is 0 Å². The van der Waals surface area contributed by atoms with Gasteiger partial charge in [-0.3, -0.25) is 0 Å². The second-order valence-corrected chi connectivity index (χ2v) is 14.4. The van der Waals surface area contributed by atoms with E-state index in [0.29, 0.717) is 13.2 Å². The summed E-state index contributed by atoms with van der Waals surface area (Å²) in [5.41, 5.74) is 0. The molecule has 5 atom stereocenters. The van der Waals surface area contributed by atoms with E-state index in [1.165, 1.54) is 84.2 Å². The van der Waals surface area contributed by atoms with E-state index in [0.717, 1.165) is 51.5 Å². The van der Waals surface area contributed by atoms with Crippen molar-refractivity contribution in [3.8, 4) is 0 Å². The highest BCUT2D eigenvalue weighted by Gasteiger charge is 2.44. The van der Waals surface area contributed by atoms with Gasteiger partial charge in [-0.1, -0.05) is 110 Å². The van der Waals surface area contributed by atoms with Gasteiger partial charge in [-0.05, 0) is 31.1 Å². The molecule has 240 valence electrons. The number of methoxy groups -OCH3 is 1. The summed E-state index contributed by atoms with van der Waals surface area (Å²) in [5.74, 6) is -0.0833. The SMILES string of the molecule is [B][C@@H]1O[C@H](COC)C(OP(O)(=S)OC)[C@@H]1CCCCCCCNC(=O)NCCCCCCCCCCCCCCC. The minimum absolute atomic E-state index is 0.0589. The Morgan fingerprint density at radius 3 is 1.76 bits per heavy atom. The fourth-order valence-corrected chi connectivity index (χ4v) is 6.44. The van der Waals surface area contributed by atoms with Crippen molar-refractivity contribution < 1.29 is 28.2 Å². The minimum atomic E-state index is -3.33. The molecular formula is C30H60BN2O6PS. The lowest BCUT2D eigenvalue weighted by molar-refractivity contribution is -0.0147. The van der Waals surface area contributed by atoms with E-state index in [1.807, 2.05) is 0 Å². The van der Waals surface area contributed by atoms with Crippen LogP contribution in [-0.4, -0.2) is 70.9 Å². The summed E-state index contributed by atoms with van der Waals surface area (Å²) in [6.45, 7) is 0.695. The summed E-state index contributed by atoms with van der Waals surface area (Å²) in [6, 6.07) is -0.550. The molecule has 8 nitrogen and oxygen atoms in total. The Bertz CT molecular complexity index is 695. The van der Waals surface area contributed by atoms with Crippen molar-refractivity contribution in [1.82, 2.24) is 10.6 Å². The van der Waals surface area contributed by atoms with Crippen molar-refractivity contribution in [2.75, 3.05) is 33.9 Å². The quantitative estimate of drug-likeness (QED) is 0.0512. The average Bonchev–Trinajstić information content (AvgIpc) is 3.23. The summed E-state index contributed by atoms with van der Waals surface area (Å²) < 4.78 is 21.7. The van der Waals surface area contributed by atoms with Crippen LogP contribution >= 0.6 is 6.72 Å². The van der Waals surface area contributed by atoms with Gasteiger partial charge >= 0.3 is 12.7 Å². The first-order chi connectivity index (χ1) is 19.8. The third-order valence-electron chi connectivity index (χ3n) is 7.92. The molecule has 1 aliphatic rings. The number of carbonyl (C=O) groups excluding carboxylic acids is 1. The Morgan fingerprint density at radius 1 is 0.829 bits per heavy atom. The molecule has 2 radical (unpaired) electrons. The smallest absolute Gasteiger partial charge is 0.324 e. The molecule has 11 heteroatoms. The molecule has 0 spiro atoms. The van der Waals surface area contributed by atoms with Crippen LogP contribution in [-0.2, 0) is 30.3 Å². The van der Waals surface area contributed by atoms with Gasteiger partial charge in [0.2, 0.25) is 0 Å². The van der Waals surface area contributed by atoms with Crippen molar-refractivity contribution in [3.63, 3.8) is 0 Å². The standard InChI is InChI=1S/C30H60BN2O6PS/c1-4-5-6-7-8-9-10-11-12-13-14-17-20-23-32-30(34)33-24-21-18-15-16-19-22-26-28(39-40(35,41)37-3)27(25-36-2)38-29(26)31/h26-29H,4-25H2,1-3H3,(H,35,41)(H2,32,33,34)/t26-,27+,28?,29+,40?/m0/s1. The van der Waals surface area contributed by atoms with Gasteiger partial charge in [-0.25, -0.2) is 4.79 Å². The van der Waals surface area contributed by atoms with Crippen LogP contribution in [0.15, 0.2) is 0 Å². The Morgan fingerprint density at radius 2 is 1.29 bits per heavy atom. The molecule has 0 aromatic heterocycles. The van der Waals surface area contributed by atoms with Crippen LogP contribution in [0.1, 0.15) is 129 Å².